The number of nitrogens with zero attached hydrogens (tertiary/aromatic N) is 2. The molecule has 2 N–H and O–H groups in total. The van der Waals surface area contributed by atoms with E-state index in [1.165, 1.54) is 31.2 Å². The minimum absolute atomic E-state index is 0. The third kappa shape index (κ3) is 7.07. The quantitative estimate of drug-likeness (QED) is 0.350. The van der Waals surface area contributed by atoms with E-state index in [4.69, 9.17) is 21.3 Å². The maximum absolute atomic E-state index is 6.25. The Bertz CT molecular complexity index is 589. The van der Waals surface area contributed by atoms with E-state index in [9.17, 15) is 0 Å². The first-order valence-electron chi connectivity index (χ1n) is 9.88. The molecule has 2 fully saturated rings. The summed E-state index contributed by atoms with van der Waals surface area (Å²) in [4.78, 5) is 7.38. The van der Waals surface area contributed by atoms with Crippen molar-refractivity contribution >= 4 is 41.5 Å². The summed E-state index contributed by atoms with van der Waals surface area (Å²) < 4.78 is 5.53. The van der Waals surface area contributed by atoms with Crippen molar-refractivity contribution in [2.24, 2.45) is 4.99 Å². The Labute approximate surface area is 185 Å². The van der Waals surface area contributed by atoms with Gasteiger partial charge in [0.2, 0.25) is 0 Å². The molecule has 1 aliphatic carbocycles. The molecule has 1 aliphatic heterocycles. The van der Waals surface area contributed by atoms with E-state index in [0.717, 1.165) is 43.8 Å². The van der Waals surface area contributed by atoms with Crippen molar-refractivity contribution in [2.75, 3.05) is 39.4 Å². The zero-order chi connectivity index (χ0) is 18.2. The molecule has 0 aromatic heterocycles. The molecule has 1 saturated heterocycles. The lowest BCUT2D eigenvalue weighted by Gasteiger charge is -2.34. The highest BCUT2D eigenvalue weighted by Crippen LogP contribution is 2.25. The molecular weight excluding hydrogens is 475 g/mol. The molecule has 1 unspecified atom stereocenters. The highest BCUT2D eigenvalue weighted by Gasteiger charge is 2.23. The highest BCUT2D eigenvalue weighted by molar-refractivity contribution is 14.0. The van der Waals surface area contributed by atoms with Gasteiger partial charge in [0, 0.05) is 30.7 Å². The summed E-state index contributed by atoms with van der Waals surface area (Å²) in [6, 6.07) is 8.94. The summed E-state index contributed by atoms with van der Waals surface area (Å²) in [5.74, 6) is 0.930. The van der Waals surface area contributed by atoms with Gasteiger partial charge in [0.25, 0.3) is 0 Å². The van der Waals surface area contributed by atoms with Gasteiger partial charge in [-0.1, -0.05) is 36.6 Å². The van der Waals surface area contributed by atoms with Crippen molar-refractivity contribution in [1.82, 2.24) is 15.5 Å². The number of ether oxygens (including phenoxy) is 1. The van der Waals surface area contributed by atoms with Crippen LogP contribution < -0.4 is 10.6 Å². The summed E-state index contributed by atoms with van der Waals surface area (Å²) in [7, 11) is 0. The van der Waals surface area contributed by atoms with Gasteiger partial charge in [0.1, 0.15) is 0 Å². The predicted octanol–water partition coefficient (Wildman–Crippen LogP) is 3.83. The SMILES string of the molecule is CCNC(=NCC(c1cccc(Cl)c1)N1CCOCC1)NC1CCCC1.I. The standard InChI is InChI=1S/C20H31ClN4O.HI/c1-2-22-20(24-18-8-3-4-9-18)23-15-19(25-10-12-26-13-11-25)16-6-5-7-17(21)14-16;/h5-7,14,18-19H,2-4,8-13,15H2,1H3,(H2,22,23,24);1H. The number of nitrogens with one attached hydrogen (secondary N) is 2. The molecule has 7 heteroatoms. The number of hydrogen-bond donors (Lipinski definition) is 2. The van der Waals surface area contributed by atoms with E-state index in [-0.39, 0.29) is 30.0 Å². The van der Waals surface area contributed by atoms with Crippen LogP contribution in [-0.2, 0) is 4.74 Å². The van der Waals surface area contributed by atoms with Gasteiger partial charge in [0.05, 0.1) is 25.8 Å². The van der Waals surface area contributed by atoms with Crippen LogP contribution in [0.25, 0.3) is 0 Å². The van der Waals surface area contributed by atoms with Crippen LogP contribution in [0.15, 0.2) is 29.3 Å². The Morgan fingerprint density at radius 2 is 2.04 bits per heavy atom. The molecule has 1 aromatic rings. The summed E-state index contributed by atoms with van der Waals surface area (Å²) in [5, 5.41) is 7.79. The third-order valence-corrected chi connectivity index (χ3v) is 5.42. The zero-order valence-electron chi connectivity index (χ0n) is 16.1. The monoisotopic (exact) mass is 506 g/mol. The first-order valence-corrected chi connectivity index (χ1v) is 10.3. The van der Waals surface area contributed by atoms with E-state index in [0.29, 0.717) is 12.6 Å². The van der Waals surface area contributed by atoms with Crippen molar-refractivity contribution < 1.29 is 4.74 Å². The number of morpholine rings is 1. The van der Waals surface area contributed by atoms with E-state index in [1.54, 1.807) is 0 Å². The lowest BCUT2D eigenvalue weighted by Crippen LogP contribution is -2.44. The molecule has 0 spiro atoms. The third-order valence-electron chi connectivity index (χ3n) is 5.18. The van der Waals surface area contributed by atoms with Crippen molar-refractivity contribution in [2.45, 2.75) is 44.7 Å². The normalized spacial score (nSPS) is 20.1. The van der Waals surface area contributed by atoms with Gasteiger partial charge < -0.3 is 15.4 Å². The number of guanidine groups is 1. The lowest BCUT2D eigenvalue weighted by atomic mass is 10.0. The lowest BCUT2D eigenvalue weighted by molar-refractivity contribution is 0.0179. The molecule has 3 rings (SSSR count). The molecule has 1 aromatic carbocycles. The van der Waals surface area contributed by atoms with Crippen LogP contribution in [0.1, 0.15) is 44.2 Å². The van der Waals surface area contributed by atoms with Crippen molar-refractivity contribution in [3.63, 3.8) is 0 Å². The summed E-state index contributed by atoms with van der Waals surface area (Å²) in [6.45, 7) is 7.11. The van der Waals surface area contributed by atoms with Gasteiger partial charge in [0.15, 0.2) is 5.96 Å². The van der Waals surface area contributed by atoms with Crippen LogP contribution in [0.3, 0.4) is 0 Å². The van der Waals surface area contributed by atoms with E-state index in [1.807, 2.05) is 12.1 Å². The van der Waals surface area contributed by atoms with E-state index >= 15 is 0 Å². The first kappa shape index (κ1) is 22.7. The zero-order valence-corrected chi connectivity index (χ0v) is 19.2. The molecule has 0 bridgehead atoms. The smallest absolute Gasteiger partial charge is 0.191 e. The van der Waals surface area contributed by atoms with Crippen LogP contribution >= 0.6 is 35.6 Å². The van der Waals surface area contributed by atoms with Crippen LogP contribution in [0, 0.1) is 0 Å². The van der Waals surface area contributed by atoms with Crippen molar-refractivity contribution in [1.29, 1.82) is 0 Å². The molecule has 0 amide bonds. The molecular formula is C20H32ClIN4O. The minimum Gasteiger partial charge on any atom is -0.379 e. The molecule has 152 valence electrons. The largest absolute Gasteiger partial charge is 0.379 e. The van der Waals surface area contributed by atoms with E-state index < -0.39 is 0 Å². The van der Waals surface area contributed by atoms with Gasteiger partial charge in [-0.25, -0.2) is 0 Å². The highest BCUT2D eigenvalue weighted by atomic mass is 127. The summed E-state index contributed by atoms with van der Waals surface area (Å²) >= 11 is 6.25. The van der Waals surface area contributed by atoms with Crippen molar-refractivity contribution in [3.05, 3.63) is 34.9 Å². The second-order valence-electron chi connectivity index (χ2n) is 7.06. The summed E-state index contributed by atoms with van der Waals surface area (Å²) in [5.41, 5.74) is 1.22. The van der Waals surface area contributed by atoms with Gasteiger partial charge in [-0.05, 0) is 37.5 Å². The molecule has 5 nitrogen and oxygen atoms in total. The number of rotatable bonds is 6. The Morgan fingerprint density at radius 3 is 2.70 bits per heavy atom. The molecule has 27 heavy (non-hydrogen) atoms. The van der Waals surface area contributed by atoms with Crippen LogP contribution in [0.2, 0.25) is 5.02 Å². The predicted molar refractivity (Wildman–Crippen MR) is 123 cm³/mol. The van der Waals surface area contributed by atoms with Crippen molar-refractivity contribution in [3.8, 4) is 0 Å². The molecule has 1 saturated carbocycles. The van der Waals surface area contributed by atoms with Gasteiger partial charge >= 0.3 is 0 Å². The molecule has 1 atom stereocenters. The number of aliphatic imine (C=N–C) groups is 1. The maximum atomic E-state index is 6.25. The number of halogens is 2. The fraction of sp³-hybridized carbons (Fsp3) is 0.650. The fourth-order valence-electron chi connectivity index (χ4n) is 3.80. The number of hydrogen-bond acceptors (Lipinski definition) is 3. The molecule has 1 heterocycles. The Balaban J connectivity index is 0.00000261. The average Bonchev–Trinajstić information content (AvgIpc) is 3.16. The Morgan fingerprint density at radius 1 is 1.30 bits per heavy atom. The maximum Gasteiger partial charge on any atom is 0.191 e. The Hall–Kier alpha value is -0.570. The molecule has 2 aliphatic rings. The first-order chi connectivity index (χ1) is 12.8. The second kappa shape index (κ2) is 12.1. The van der Waals surface area contributed by atoms with Gasteiger partial charge in [-0.2, -0.15) is 0 Å². The van der Waals surface area contributed by atoms with Crippen LogP contribution in [-0.4, -0.2) is 56.3 Å². The number of benzene rings is 1. The second-order valence-corrected chi connectivity index (χ2v) is 7.50. The molecule has 0 radical (unpaired) electrons. The van der Waals surface area contributed by atoms with Gasteiger partial charge in [-0.15, -0.1) is 24.0 Å². The Kier molecular flexibility index (Phi) is 10.2. The van der Waals surface area contributed by atoms with E-state index in [2.05, 4.69) is 34.6 Å². The van der Waals surface area contributed by atoms with Crippen LogP contribution in [0.5, 0.6) is 0 Å². The topological polar surface area (TPSA) is 48.9 Å². The fourth-order valence-corrected chi connectivity index (χ4v) is 3.99. The summed E-state index contributed by atoms with van der Waals surface area (Å²) in [6.07, 6.45) is 5.11. The average molecular weight is 507 g/mol. The minimum atomic E-state index is 0. The van der Waals surface area contributed by atoms with Gasteiger partial charge in [-0.3, -0.25) is 9.89 Å². The van der Waals surface area contributed by atoms with Crippen LogP contribution in [0.4, 0.5) is 0 Å².